The lowest BCUT2D eigenvalue weighted by atomic mass is 10.2. The van der Waals surface area contributed by atoms with E-state index in [-0.39, 0.29) is 18.2 Å². The van der Waals surface area contributed by atoms with Crippen LogP contribution in [0.1, 0.15) is 6.42 Å². The first kappa shape index (κ1) is 11.9. The van der Waals surface area contributed by atoms with Gasteiger partial charge in [-0.2, -0.15) is 0 Å². The van der Waals surface area contributed by atoms with Crippen LogP contribution in [0.3, 0.4) is 0 Å². The summed E-state index contributed by atoms with van der Waals surface area (Å²) in [4.78, 5) is 22.4. The summed E-state index contributed by atoms with van der Waals surface area (Å²) in [5.74, 6) is 0.171. The van der Waals surface area contributed by atoms with Crippen LogP contribution in [0, 0.1) is 0 Å². The van der Waals surface area contributed by atoms with Gasteiger partial charge >= 0.3 is 0 Å². The van der Waals surface area contributed by atoms with Gasteiger partial charge in [-0.05, 0) is 34.1 Å². The van der Waals surface area contributed by atoms with Gasteiger partial charge in [0.25, 0.3) is 0 Å². The number of nitrogens with one attached hydrogen (secondary N) is 2. The molecule has 1 atom stereocenters. The van der Waals surface area contributed by atoms with Crippen LogP contribution in [0.2, 0.25) is 0 Å². The molecule has 1 fully saturated rings. The SMILES string of the molecule is COc1ccc(NC2CC(=O)NC2=O)cc1Br. The molecule has 0 aliphatic carbocycles. The maximum atomic E-state index is 11.4. The largest absolute Gasteiger partial charge is 0.496 e. The van der Waals surface area contributed by atoms with Gasteiger partial charge in [0.2, 0.25) is 11.8 Å². The highest BCUT2D eigenvalue weighted by Crippen LogP contribution is 2.28. The summed E-state index contributed by atoms with van der Waals surface area (Å²) < 4.78 is 5.89. The second kappa shape index (κ2) is 4.75. The summed E-state index contributed by atoms with van der Waals surface area (Å²) in [6.07, 6.45) is 0.169. The predicted octanol–water partition coefficient (Wildman–Crippen LogP) is 1.28. The Labute approximate surface area is 107 Å². The molecule has 1 saturated heterocycles. The number of ether oxygens (including phenoxy) is 1. The zero-order valence-corrected chi connectivity index (χ0v) is 10.7. The minimum atomic E-state index is -0.497. The van der Waals surface area contributed by atoms with Crippen molar-refractivity contribution in [2.24, 2.45) is 0 Å². The molecule has 2 rings (SSSR count). The van der Waals surface area contributed by atoms with E-state index >= 15 is 0 Å². The predicted molar refractivity (Wildman–Crippen MR) is 65.9 cm³/mol. The van der Waals surface area contributed by atoms with Crippen molar-refractivity contribution >= 4 is 33.4 Å². The topological polar surface area (TPSA) is 67.4 Å². The average Bonchev–Trinajstić information content (AvgIpc) is 2.58. The van der Waals surface area contributed by atoms with Crippen molar-refractivity contribution in [2.45, 2.75) is 12.5 Å². The van der Waals surface area contributed by atoms with Crippen LogP contribution in [0.5, 0.6) is 5.75 Å². The van der Waals surface area contributed by atoms with Gasteiger partial charge in [-0.3, -0.25) is 14.9 Å². The molecular formula is C11H11BrN2O3. The molecule has 1 aliphatic heterocycles. The average molecular weight is 299 g/mol. The Morgan fingerprint density at radius 1 is 1.47 bits per heavy atom. The van der Waals surface area contributed by atoms with E-state index in [0.717, 1.165) is 10.2 Å². The van der Waals surface area contributed by atoms with Crippen molar-refractivity contribution in [3.05, 3.63) is 22.7 Å². The summed E-state index contributed by atoms with van der Waals surface area (Å²) >= 11 is 3.35. The molecule has 2 amide bonds. The third kappa shape index (κ3) is 2.58. The molecule has 1 aliphatic rings. The number of benzene rings is 1. The van der Waals surface area contributed by atoms with Crippen LogP contribution in [-0.2, 0) is 9.59 Å². The fourth-order valence-corrected chi connectivity index (χ4v) is 2.17. The highest BCUT2D eigenvalue weighted by molar-refractivity contribution is 9.10. The van der Waals surface area contributed by atoms with Crippen molar-refractivity contribution < 1.29 is 14.3 Å². The Morgan fingerprint density at radius 3 is 2.76 bits per heavy atom. The molecule has 0 spiro atoms. The fourth-order valence-electron chi connectivity index (χ4n) is 1.63. The molecule has 2 N–H and O–H groups in total. The lowest BCUT2D eigenvalue weighted by Crippen LogP contribution is -2.29. The molecule has 1 aromatic carbocycles. The second-order valence-electron chi connectivity index (χ2n) is 3.66. The molecule has 0 aromatic heterocycles. The molecule has 90 valence electrons. The van der Waals surface area contributed by atoms with Crippen molar-refractivity contribution in [2.75, 3.05) is 12.4 Å². The van der Waals surface area contributed by atoms with Gasteiger partial charge < -0.3 is 10.1 Å². The van der Waals surface area contributed by atoms with Gasteiger partial charge in [0.05, 0.1) is 18.0 Å². The number of anilines is 1. The minimum absolute atomic E-state index is 0.169. The van der Waals surface area contributed by atoms with Gasteiger partial charge in [0.1, 0.15) is 11.8 Å². The maximum Gasteiger partial charge on any atom is 0.249 e. The third-order valence-corrected chi connectivity index (χ3v) is 3.08. The van der Waals surface area contributed by atoms with Crippen molar-refractivity contribution in [1.82, 2.24) is 5.32 Å². The van der Waals surface area contributed by atoms with Crippen LogP contribution < -0.4 is 15.4 Å². The maximum absolute atomic E-state index is 11.4. The summed E-state index contributed by atoms with van der Waals surface area (Å²) in [6.45, 7) is 0. The van der Waals surface area contributed by atoms with Crippen LogP contribution in [0.15, 0.2) is 22.7 Å². The number of methoxy groups -OCH3 is 1. The fraction of sp³-hybridized carbons (Fsp3) is 0.273. The highest BCUT2D eigenvalue weighted by Gasteiger charge is 2.30. The van der Waals surface area contributed by atoms with Gasteiger partial charge in [0.15, 0.2) is 0 Å². The highest BCUT2D eigenvalue weighted by atomic mass is 79.9. The number of hydrogen-bond donors (Lipinski definition) is 2. The van der Waals surface area contributed by atoms with E-state index in [1.807, 2.05) is 0 Å². The van der Waals surface area contributed by atoms with E-state index in [9.17, 15) is 9.59 Å². The monoisotopic (exact) mass is 298 g/mol. The van der Waals surface area contributed by atoms with E-state index < -0.39 is 6.04 Å². The van der Waals surface area contributed by atoms with Gasteiger partial charge in [-0.15, -0.1) is 0 Å². The Hall–Kier alpha value is -1.56. The molecule has 1 heterocycles. The minimum Gasteiger partial charge on any atom is -0.496 e. The molecule has 0 saturated carbocycles. The quantitative estimate of drug-likeness (QED) is 0.825. The molecule has 0 bridgehead atoms. The number of carbonyl (C=O) groups is 2. The Kier molecular flexibility index (Phi) is 3.33. The first-order chi connectivity index (χ1) is 8.10. The smallest absolute Gasteiger partial charge is 0.249 e. The van der Waals surface area contributed by atoms with E-state index in [1.54, 1.807) is 25.3 Å². The summed E-state index contributed by atoms with van der Waals surface area (Å²) in [5.41, 5.74) is 0.757. The van der Waals surface area contributed by atoms with Gasteiger partial charge in [-0.1, -0.05) is 0 Å². The molecule has 5 nitrogen and oxygen atoms in total. The lowest BCUT2D eigenvalue weighted by Gasteiger charge is -2.12. The van der Waals surface area contributed by atoms with Gasteiger partial charge in [-0.25, -0.2) is 0 Å². The summed E-state index contributed by atoms with van der Waals surface area (Å²) in [6, 6.07) is 4.87. The number of carbonyl (C=O) groups excluding carboxylic acids is 2. The number of rotatable bonds is 3. The third-order valence-electron chi connectivity index (χ3n) is 2.46. The molecule has 1 unspecified atom stereocenters. The molecule has 0 radical (unpaired) electrons. The zero-order valence-electron chi connectivity index (χ0n) is 9.12. The lowest BCUT2D eigenvalue weighted by molar-refractivity contribution is -0.124. The summed E-state index contributed by atoms with van der Waals surface area (Å²) in [5, 5.41) is 5.24. The Balaban J connectivity index is 2.11. The van der Waals surface area contributed by atoms with Crippen molar-refractivity contribution in [1.29, 1.82) is 0 Å². The first-order valence-corrected chi connectivity index (χ1v) is 5.83. The first-order valence-electron chi connectivity index (χ1n) is 5.04. The molecule has 6 heteroatoms. The zero-order chi connectivity index (χ0) is 12.4. The molecule has 17 heavy (non-hydrogen) atoms. The van der Waals surface area contributed by atoms with E-state index in [1.165, 1.54) is 0 Å². The van der Waals surface area contributed by atoms with Crippen molar-refractivity contribution in [3.8, 4) is 5.75 Å². The Morgan fingerprint density at radius 2 is 2.24 bits per heavy atom. The Bertz CT molecular complexity index is 476. The van der Waals surface area contributed by atoms with E-state index in [0.29, 0.717) is 5.75 Å². The van der Waals surface area contributed by atoms with Crippen LogP contribution >= 0.6 is 15.9 Å². The number of halogens is 1. The number of amides is 2. The molecular weight excluding hydrogens is 288 g/mol. The number of imide groups is 1. The standard InChI is InChI=1S/C11H11BrN2O3/c1-17-9-3-2-6(4-7(9)12)13-8-5-10(15)14-11(8)16/h2-4,8,13H,5H2,1H3,(H,14,15,16). The van der Waals surface area contributed by atoms with Gasteiger partial charge in [0, 0.05) is 5.69 Å². The van der Waals surface area contributed by atoms with Crippen LogP contribution in [0.25, 0.3) is 0 Å². The van der Waals surface area contributed by atoms with Crippen LogP contribution in [-0.4, -0.2) is 25.0 Å². The van der Waals surface area contributed by atoms with E-state index in [2.05, 4.69) is 26.6 Å². The normalized spacial score (nSPS) is 19.1. The van der Waals surface area contributed by atoms with Crippen molar-refractivity contribution in [3.63, 3.8) is 0 Å². The number of hydrogen-bond acceptors (Lipinski definition) is 4. The summed E-state index contributed by atoms with van der Waals surface area (Å²) in [7, 11) is 1.58. The van der Waals surface area contributed by atoms with E-state index in [4.69, 9.17) is 4.74 Å². The second-order valence-corrected chi connectivity index (χ2v) is 4.52. The van der Waals surface area contributed by atoms with Crippen LogP contribution in [0.4, 0.5) is 5.69 Å². The molecule has 1 aromatic rings.